The van der Waals surface area contributed by atoms with Crippen LogP contribution in [-0.4, -0.2) is 31.4 Å². The van der Waals surface area contributed by atoms with Gasteiger partial charge in [0, 0.05) is 34.6 Å². The molecule has 0 fully saturated rings. The number of amides is 1. The van der Waals surface area contributed by atoms with E-state index in [-0.39, 0.29) is 10.8 Å². The van der Waals surface area contributed by atoms with Crippen LogP contribution in [-0.2, 0) is 10.0 Å². The molecule has 0 spiro atoms. The Labute approximate surface area is 189 Å². The Bertz CT molecular complexity index is 1320. The number of pyridine rings is 1. The van der Waals surface area contributed by atoms with Crippen LogP contribution in [0.4, 0.5) is 10.8 Å². The van der Waals surface area contributed by atoms with Gasteiger partial charge in [-0.05, 0) is 60.7 Å². The van der Waals surface area contributed by atoms with Crippen molar-refractivity contribution in [2.45, 2.75) is 4.90 Å². The molecule has 0 radical (unpaired) electrons. The van der Waals surface area contributed by atoms with Crippen molar-refractivity contribution in [1.29, 1.82) is 0 Å². The van der Waals surface area contributed by atoms with Gasteiger partial charge in [0.15, 0.2) is 5.13 Å². The van der Waals surface area contributed by atoms with E-state index in [4.69, 9.17) is 4.74 Å². The quantitative estimate of drug-likeness (QED) is 0.421. The molecule has 10 heteroatoms. The highest BCUT2D eigenvalue weighted by Gasteiger charge is 2.15. The van der Waals surface area contributed by atoms with E-state index in [1.54, 1.807) is 36.7 Å². The summed E-state index contributed by atoms with van der Waals surface area (Å²) in [5.74, 6) is 0.220. The third-order valence-corrected chi connectivity index (χ3v) is 6.62. The molecule has 162 valence electrons. The minimum atomic E-state index is -3.76. The molecule has 2 aromatic carbocycles. The molecule has 0 aliphatic carbocycles. The molecule has 0 saturated heterocycles. The number of aromatic nitrogens is 2. The average molecular weight is 467 g/mol. The number of thiazole rings is 1. The first-order valence-electron chi connectivity index (χ1n) is 9.39. The number of benzene rings is 2. The predicted octanol–water partition coefficient (Wildman–Crippen LogP) is 4.27. The van der Waals surface area contributed by atoms with Crippen LogP contribution in [0.25, 0.3) is 11.3 Å². The number of hydrogen-bond donors (Lipinski definition) is 2. The molecule has 0 atom stereocenters. The van der Waals surface area contributed by atoms with E-state index in [1.165, 1.54) is 42.7 Å². The van der Waals surface area contributed by atoms with Crippen LogP contribution in [0.1, 0.15) is 10.4 Å². The van der Waals surface area contributed by atoms with Gasteiger partial charge in [-0.1, -0.05) is 0 Å². The molecule has 1 amide bonds. The molecule has 2 aromatic heterocycles. The SMILES string of the molecule is COc1ccc(S(=O)(=O)Nc2ccc(C(=O)Nc3nc(-c4ccncc4)cs3)cc2)cc1. The number of sulfonamides is 1. The lowest BCUT2D eigenvalue weighted by Crippen LogP contribution is -2.14. The van der Waals surface area contributed by atoms with Crippen molar-refractivity contribution in [1.82, 2.24) is 9.97 Å². The van der Waals surface area contributed by atoms with E-state index in [1.807, 2.05) is 17.5 Å². The largest absolute Gasteiger partial charge is 0.497 e. The summed E-state index contributed by atoms with van der Waals surface area (Å²) >= 11 is 1.31. The van der Waals surface area contributed by atoms with Crippen LogP contribution in [0.5, 0.6) is 5.75 Å². The van der Waals surface area contributed by atoms with Gasteiger partial charge in [-0.2, -0.15) is 0 Å². The zero-order valence-electron chi connectivity index (χ0n) is 16.8. The van der Waals surface area contributed by atoms with Crippen LogP contribution in [0.2, 0.25) is 0 Å². The number of ether oxygens (including phenoxy) is 1. The summed E-state index contributed by atoms with van der Waals surface area (Å²) in [6, 6.07) is 15.9. The van der Waals surface area contributed by atoms with E-state index in [9.17, 15) is 13.2 Å². The van der Waals surface area contributed by atoms with Crippen LogP contribution in [0, 0.1) is 0 Å². The maximum absolute atomic E-state index is 12.5. The Kier molecular flexibility index (Phi) is 6.15. The lowest BCUT2D eigenvalue weighted by atomic mass is 10.2. The molecule has 4 aromatic rings. The monoisotopic (exact) mass is 466 g/mol. The number of nitrogens with zero attached hydrogens (tertiary/aromatic N) is 2. The highest BCUT2D eigenvalue weighted by molar-refractivity contribution is 7.92. The van der Waals surface area contributed by atoms with Crippen molar-refractivity contribution in [3.05, 3.63) is 84.0 Å². The smallest absolute Gasteiger partial charge is 0.261 e. The lowest BCUT2D eigenvalue weighted by molar-refractivity contribution is 0.102. The number of anilines is 2. The number of carbonyl (C=O) groups is 1. The van der Waals surface area contributed by atoms with E-state index < -0.39 is 10.0 Å². The number of methoxy groups -OCH3 is 1. The van der Waals surface area contributed by atoms with Gasteiger partial charge in [0.2, 0.25) is 0 Å². The summed E-state index contributed by atoms with van der Waals surface area (Å²) in [4.78, 5) is 21.0. The summed E-state index contributed by atoms with van der Waals surface area (Å²) in [5.41, 5.74) is 2.37. The fourth-order valence-corrected chi connectivity index (χ4v) is 4.59. The van der Waals surface area contributed by atoms with Crippen LogP contribution >= 0.6 is 11.3 Å². The summed E-state index contributed by atoms with van der Waals surface area (Å²) in [6.07, 6.45) is 3.36. The molecule has 0 aliphatic rings. The summed E-state index contributed by atoms with van der Waals surface area (Å²) in [6.45, 7) is 0. The third kappa shape index (κ3) is 4.93. The molecule has 0 aliphatic heterocycles. The van der Waals surface area contributed by atoms with Crippen molar-refractivity contribution < 1.29 is 17.9 Å². The Hall–Kier alpha value is -3.76. The molecule has 0 bridgehead atoms. The minimum Gasteiger partial charge on any atom is -0.497 e. The van der Waals surface area contributed by atoms with Crippen molar-refractivity contribution >= 4 is 38.1 Å². The van der Waals surface area contributed by atoms with E-state index in [0.717, 1.165) is 11.3 Å². The van der Waals surface area contributed by atoms with Crippen LogP contribution in [0.3, 0.4) is 0 Å². The van der Waals surface area contributed by atoms with Gasteiger partial charge in [0.25, 0.3) is 15.9 Å². The topological polar surface area (TPSA) is 110 Å². The first kappa shape index (κ1) is 21.5. The second-order valence-electron chi connectivity index (χ2n) is 6.59. The second-order valence-corrected chi connectivity index (χ2v) is 9.13. The number of rotatable bonds is 7. The first-order valence-corrected chi connectivity index (χ1v) is 11.7. The highest BCUT2D eigenvalue weighted by atomic mass is 32.2. The lowest BCUT2D eigenvalue weighted by Gasteiger charge is -2.09. The normalized spacial score (nSPS) is 11.0. The van der Waals surface area contributed by atoms with Crippen molar-refractivity contribution in [2.75, 3.05) is 17.1 Å². The fraction of sp³-hybridized carbons (Fsp3) is 0.0455. The fourth-order valence-electron chi connectivity index (χ4n) is 2.81. The Balaban J connectivity index is 1.42. The zero-order valence-corrected chi connectivity index (χ0v) is 18.5. The maximum atomic E-state index is 12.5. The van der Waals surface area contributed by atoms with E-state index in [2.05, 4.69) is 20.0 Å². The predicted molar refractivity (Wildman–Crippen MR) is 124 cm³/mol. The van der Waals surface area contributed by atoms with E-state index >= 15 is 0 Å². The molecule has 8 nitrogen and oxygen atoms in total. The van der Waals surface area contributed by atoms with Crippen LogP contribution in [0.15, 0.2) is 83.3 Å². The number of nitrogens with one attached hydrogen (secondary N) is 2. The van der Waals surface area contributed by atoms with Crippen molar-refractivity contribution in [3.63, 3.8) is 0 Å². The molecule has 4 rings (SSSR count). The van der Waals surface area contributed by atoms with Gasteiger partial charge in [-0.25, -0.2) is 13.4 Å². The Morgan fingerprint density at radius 2 is 1.66 bits per heavy atom. The third-order valence-electron chi connectivity index (χ3n) is 4.47. The first-order chi connectivity index (χ1) is 15.4. The van der Waals surface area contributed by atoms with Gasteiger partial charge in [0.1, 0.15) is 5.75 Å². The molecule has 2 N–H and O–H groups in total. The molecule has 2 heterocycles. The van der Waals surface area contributed by atoms with Crippen LogP contribution < -0.4 is 14.8 Å². The van der Waals surface area contributed by atoms with Gasteiger partial charge < -0.3 is 4.74 Å². The maximum Gasteiger partial charge on any atom is 0.261 e. The van der Waals surface area contributed by atoms with Crippen molar-refractivity contribution in [2.24, 2.45) is 0 Å². The van der Waals surface area contributed by atoms with Gasteiger partial charge >= 0.3 is 0 Å². The summed E-state index contributed by atoms with van der Waals surface area (Å²) in [7, 11) is -2.25. The van der Waals surface area contributed by atoms with Gasteiger partial charge in [-0.15, -0.1) is 11.3 Å². The second kappa shape index (κ2) is 9.16. The van der Waals surface area contributed by atoms with Gasteiger partial charge in [-0.3, -0.25) is 19.8 Å². The zero-order chi connectivity index (χ0) is 22.6. The minimum absolute atomic E-state index is 0.105. The van der Waals surface area contributed by atoms with E-state index in [0.29, 0.717) is 22.1 Å². The molecular formula is C22H18N4O4S2. The summed E-state index contributed by atoms with van der Waals surface area (Å²) < 4.78 is 32.6. The Morgan fingerprint density at radius 1 is 0.969 bits per heavy atom. The van der Waals surface area contributed by atoms with Crippen molar-refractivity contribution in [3.8, 4) is 17.0 Å². The summed E-state index contributed by atoms with van der Waals surface area (Å²) in [5, 5.41) is 5.07. The molecule has 0 unspecified atom stereocenters. The molecule has 0 saturated carbocycles. The standard InChI is InChI=1S/C22H18N4O4S2/c1-30-18-6-8-19(9-7-18)32(28,29)26-17-4-2-16(3-5-17)21(27)25-22-24-20(14-31-22)15-10-12-23-13-11-15/h2-14,26H,1H3,(H,24,25,27). The highest BCUT2D eigenvalue weighted by Crippen LogP contribution is 2.25. The molecule has 32 heavy (non-hydrogen) atoms. The number of carbonyl (C=O) groups excluding carboxylic acids is 1. The number of hydrogen-bond acceptors (Lipinski definition) is 7. The molecular weight excluding hydrogens is 448 g/mol. The average Bonchev–Trinajstić information content (AvgIpc) is 3.28. The Morgan fingerprint density at radius 3 is 2.31 bits per heavy atom. The van der Waals surface area contributed by atoms with Gasteiger partial charge in [0.05, 0.1) is 17.7 Å².